The average molecular weight is 300 g/mol. The zero-order valence-electron chi connectivity index (χ0n) is 11.5. The molecule has 108 valence electrons. The van der Waals surface area contributed by atoms with E-state index >= 15 is 0 Å². The van der Waals surface area contributed by atoms with Gasteiger partial charge in [-0.05, 0) is 42.1 Å². The minimum atomic E-state index is -0.0422. The Bertz CT molecular complexity index is 600. The van der Waals surface area contributed by atoms with Gasteiger partial charge in [0.2, 0.25) is 5.91 Å². The maximum Gasteiger partial charge on any atom is 0.224 e. The molecule has 0 atom stereocenters. The zero-order valence-corrected chi connectivity index (χ0v) is 12.4. The summed E-state index contributed by atoms with van der Waals surface area (Å²) in [5.41, 5.74) is 1.29. The number of carbonyl (C=O) groups excluding carboxylic acids is 1. The lowest BCUT2D eigenvalue weighted by molar-refractivity contribution is -0.116. The van der Waals surface area contributed by atoms with E-state index in [0.29, 0.717) is 37.3 Å². The molecule has 5 heteroatoms. The number of thiophene rings is 1. The van der Waals surface area contributed by atoms with Crippen LogP contribution in [0.15, 0.2) is 41.8 Å². The van der Waals surface area contributed by atoms with Crippen LogP contribution in [0.25, 0.3) is 0 Å². The highest BCUT2D eigenvalue weighted by Crippen LogP contribution is 2.11. The SMILES string of the molecule is N#Cc1ccc(NC(=O)CCCOCc2cccs2)cc1. The van der Waals surface area contributed by atoms with Crippen LogP contribution >= 0.6 is 11.3 Å². The van der Waals surface area contributed by atoms with Gasteiger partial charge in [0.1, 0.15) is 0 Å². The van der Waals surface area contributed by atoms with Crippen LogP contribution in [0.1, 0.15) is 23.3 Å². The van der Waals surface area contributed by atoms with E-state index in [1.807, 2.05) is 23.6 Å². The average Bonchev–Trinajstić information content (AvgIpc) is 3.01. The number of benzene rings is 1. The van der Waals surface area contributed by atoms with Crippen LogP contribution in [0.4, 0.5) is 5.69 Å². The Hall–Kier alpha value is -2.16. The second kappa shape index (κ2) is 8.20. The molecule has 21 heavy (non-hydrogen) atoms. The second-order valence-corrected chi connectivity index (χ2v) is 5.51. The van der Waals surface area contributed by atoms with Crippen molar-refractivity contribution in [3.8, 4) is 6.07 Å². The Kier molecular flexibility index (Phi) is 5.95. The van der Waals surface area contributed by atoms with Crippen LogP contribution in [-0.4, -0.2) is 12.5 Å². The molecule has 4 nitrogen and oxygen atoms in total. The third kappa shape index (κ3) is 5.38. The summed E-state index contributed by atoms with van der Waals surface area (Å²) < 4.78 is 5.50. The Morgan fingerprint density at radius 2 is 2.10 bits per heavy atom. The van der Waals surface area contributed by atoms with E-state index in [2.05, 4.69) is 5.32 Å². The van der Waals surface area contributed by atoms with Crippen LogP contribution < -0.4 is 5.32 Å². The van der Waals surface area contributed by atoms with Gasteiger partial charge in [0.05, 0.1) is 18.2 Å². The number of anilines is 1. The highest BCUT2D eigenvalue weighted by molar-refractivity contribution is 7.09. The lowest BCUT2D eigenvalue weighted by atomic mass is 10.2. The van der Waals surface area contributed by atoms with Crippen LogP contribution in [0.2, 0.25) is 0 Å². The van der Waals surface area contributed by atoms with Crippen molar-refractivity contribution < 1.29 is 9.53 Å². The molecule has 0 aliphatic rings. The largest absolute Gasteiger partial charge is 0.376 e. The molecule has 0 saturated carbocycles. The van der Waals surface area contributed by atoms with Gasteiger partial charge in [0.25, 0.3) is 0 Å². The molecule has 0 radical (unpaired) electrons. The maximum absolute atomic E-state index is 11.7. The summed E-state index contributed by atoms with van der Waals surface area (Å²) in [7, 11) is 0. The molecule has 0 unspecified atom stereocenters. The summed E-state index contributed by atoms with van der Waals surface area (Å²) >= 11 is 1.66. The molecule has 1 aromatic carbocycles. The molecule has 2 rings (SSSR count). The van der Waals surface area contributed by atoms with Gasteiger partial charge in [-0.3, -0.25) is 4.79 Å². The highest BCUT2D eigenvalue weighted by Gasteiger charge is 2.02. The van der Waals surface area contributed by atoms with E-state index in [0.717, 1.165) is 0 Å². The Labute approximate surface area is 128 Å². The summed E-state index contributed by atoms with van der Waals surface area (Å²) in [6.45, 7) is 1.17. The standard InChI is InChI=1S/C16H16N2O2S/c17-11-13-5-7-14(8-6-13)18-16(19)4-1-9-20-12-15-3-2-10-21-15/h2-3,5-8,10H,1,4,9,12H2,(H,18,19). The van der Waals surface area contributed by atoms with Crippen molar-refractivity contribution in [1.29, 1.82) is 5.26 Å². The molecule has 2 aromatic rings. The first-order chi connectivity index (χ1) is 10.3. The van der Waals surface area contributed by atoms with Crippen molar-refractivity contribution >= 4 is 22.9 Å². The van der Waals surface area contributed by atoms with Gasteiger partial charge >= 0.3 is 0 Å². The van der Waals surface area contributed by atoms with Crippen LogP contribution in [0, 0.1) is 11.3 Å². The summed E-state index contributed by atoms with van der Waals surface area (Å²) in [6, 6.07) is 12.9. The van der Waals surface area contributed by atoms with Crippen molar-refractivity contribution in [3.05, 3.63) is 52.2 Å². The molecule has 1 amide bonds. The Balaban J connectivity index is 1.62. The van der Waals surface area contributed by atoms with Crippen molar-refractivity contribution in [3.63, 3.8) is 0 Å². The summed E-state index contributed by atoms with van der Waals surface area (Å²) in [5.74, 6) is -0.0422. The van der Waals surface area contributed by atoms with Crippen molar-refractivity contribution in [2.75, 3.05) is 11.9 Å². The number of nitrogens with one attached hydrogen (secondary N) is 1. The van der Waals surface area contributed by atoms with Crippen molar-refractivity contribution in [1.82, 2.24) is 0 Å². The quantitative estimate of drug-likeness (QED) is 0.795. The summed E-state index contributed by atoms with van der Waals surface area (Å²) in [6.07, 6.45) is 1.11. The molecule has 0 aliphatic heterocycles. The molecule has 0 spiro atoms. The smallest absolute Gasteiger partial charge is 0.224 e. The molecule has 1 N–H and O–H groups in total. The van der Waals surface area contributed by atoms with E-state index in [9.17, 15) is 4.79 Å². The molecule has 1 aromatic heterocycles. The van der Waals surface area contributed by atoms with E-state index in [1.165, 1.54) is 4.88 Å². The van der Waals surface area contributed by atoms with E-state index in [4.69, 9.17) is 10.00 Å². The number of amides is 1. The minimum Gasteiger partial charge on any atom is -0.376 e. The van der Waals surface area contributed by atoms with Gasteiger partial charge in [0, 0.05) is 23.6 Å². The number of ether oxygens (including phenoxy) is 1. The van der Waals surface area contributed by atoms with Crippen molar-refractivity contribution in [2.45, 2.75) is 19.4 Å². The third-order valence-electron chi connectivity index (χ3n) is 2.81. The van der Waals surface area contributed by atoms with Crippen LogP contribution in [-0.2, 0) is 16.1 Å². The molecule has 0 aliphatic carbocycles. The first-order valence-electron chi connectivity index (χ1n) is 6.68. The predicted molar refractivity (Wildman–Crippen MR) is 83.0 cm³/mol. The minimum absolute atomic E-state index is 0.0422. The monoisotopic (exact) mass is 300 g/mol. The van der Waals surface area contributed by atoms with E-state index < -0.39 is 0 Å². The molecule has 0 fully saturated rings. The van der Waals surface area contributed by atoms with Gasteiger partial charge < -0.3 is 10.1 Å². The highest BCUT2D eigenvalue weighted by atomic mass is 32.1. The van der Waals surface area contributed by atoms with Gasteiger partial charge in [-0.1, -0.05) is 6.07 Å². The Morgan fingerprint density at radius 3 is 2.76 bits per heavy atom. The first-order valence-corrected chi connectivity index (χ1v) is 7.56. The van der Waals surface area contributed by atoms with Crippen LogP contribution in [0.5, 0.6) is 0 Å². The lowest BCUT2D eigenvalue weighted by Crippen LogP contribution is -2.12. The Morgan fingerprint density at radius 1 is 1.29 bits per heavy atom. The molecule has 0 bridgehead atoms. The van der Waals surface area contributed by atoms with Gasteiger partial charge in [-0.15, -0.1) is 11.3 Å². The van der Waals surface area contributed by atoms with E-state index in [1.54, 1.807) is 35.6 Å². The fraction of sp³-hybridized carbons (Fsp3) is 0.250. The second-order valence-electron chi connectivity index (χ2n) is 4.47. The number of hydrogen-bond acceptors (Lipinski definition) is 4. The molecule has 0 saturated heterocycles. The fourth-order valence-electron chi connectivity index (χ4n) is 1.75. The molecular weight excluding hydrogens is 284 g/mol. The van der Waals surface area contributed by atoms with Gasteiger partial charge in [-0.25, -0.2) is 0 Å². The predicted octanol–water partition coefficient (Wildman–Crippen LogP) is 3.56. The van der Waals surface area contributed by atoms with Crippen LogP contribution in [0.3, 0.4) is 0 Å². The number of carbonyl (C=O) groups is 1. The van der Waals surface area contributed by atoms with Crippen molar-refractivity contribution in [2.24, 2.45) is 0 Å². The number of hydrogen-bond donors (Lipinski definition) is 1. The number of nitrogens with zero attached hydrogens (tertiary/aromatic N) is 1. The maximum atomic E-state index is 11.7. The van der Waals surface area contributed by atoms with Gasteiger partial charge in [-0.2, -0.15) is 5.26 Å². The summed E-state index contributed by atoms with van der Waals surface area (Å²) in [4.78, 5) is 12.9. The topological polar surface area (TPSA) is 62.1 Å². The number of nitriles is 1. The first kappa shape index (κ1) is 15.2. The lowest BCUT2D eigenvalue weighted by Gasteiger charge is -2.05. The molecule has 1 heterocycles. The normalized spacial score (nSPS) is 10.0. The van der Waals surface area contributed by atoms with Gasteiger partial charge in [0.15, 0.2) is 0 Å². The zero-order chi connectivity index (χ0) is 14.9. The number of rotatable bonds is 7. The molecular formula is C16H16N2O2S. The third-order valence-corrected chi connectivity index (χ3v) is 3.66. The van der Waals surface area contributed by atoms with E-state index in [-0.39, 0.29) is 5.91 Å². The fourth-order valence-corrected chi connectivity index (χ4v) is 2.39. The summed E-state index contributed by atoms with van der Waals surface area (Å²) in [5, 5.41) is 13.5.